The van der Waals surface area contributed by atoms with Crippen molar-refractivity contribution in [3.05, 3.63) is 41.6 Å². The van der Waals surface area contributed by atoms with E-state index in [2.05, 4.69) is 5.16 Å². The maximum atomic E-state index is 11.4. The number of hydrogen-bond acceptors (Lipinski definition) is 4. The minimum atomic E-state index is -0.462. The van der Waals surface area contributed by atoms with Gasteiger partial charge in [0.2, 0.25) is 0 Å². The summed E-state index contributed by atoms with van der Waals surface area (Å²) < 4.78 is 9.99. The molecule has 0 atom stereocenters. The number of hydrogen-bond donors (Lipinski definition) is 0. The molecule has 2 rings (SSSR count). The van der Waals surface area contributed by atoms with E-state index in [0.717, 1.165) is 11.1 Å². The van der Waals surface area contributed by atoms with E-state index in [1.807, 2.05) is 31.2 Å². The van der Waals surface area contributed by atoms with Crippen LogP contribution in [-0.2, 0) is 4.74 Å². The molecule has 0 aliphatic carbocycles. The smallest absolute Gasteiger partial charge is 0.360 e. The second kappa shape index (κ2) is 4.82. The molecule has 0 saturated carbocycles. The Hall–Kier alpha value is -2.10. The molecule has 4 heteroatoms. The third kappa shape index (κ3) is 2.36. The molecular formula is C13H13NO3. The van der Waals surface area contributed by atoms with E-state index in [1.165, 1.54) is 0 Å². The van der Waals surface area contributed by atoms with Crippen LogP contribution in [0.4, 0.5) is 0 Å². The molecule has 1 aromatic heterocycles. The van der Waals surface area contributed by atoms with Crippen LogP contribution >= 0.6 is 0 Å². The normalized spacial score (nSPS) is 10.2. The number of aryl methyl sites for hydroxylation is 1. The number of aromatic nitrogens is 1. The second-order valence-corrected chi connectivity index (χ2v) is 3.61. The lowest BCUT2D eigenvalue weighted by molar-refractivity contribution is 0.0514. The molecular weight excluding hydrogens is 218 g/mol. The lowest BCUT2D eigenvalue weighted by atomic mass is 10.1. The molecule has 17 heavy (non-hydrogen) atoms. The number of nitrogens with zero attached hydrogens (tertiary/aromatic N) is 1. The lowest BCUT2D eigenvalue weighted by Gasteiger charge is -1.98. The quantitative estimate of drug-likeness (QED) is 0.762. The topological polar surface area (TPSA) is 52.3 Å². The molecule has 0 amide bonds. The predicted molar refractivity (Wildman–Crippen MR) is 62.6 cm³/mol. The molecule has 0 unspecified atom stereocenters. The second-order valence-electron chi connectivity index (χ2n) is 3.61. The number of carbonyl (C=O) groups is 1. The van der Waals surface area contributed by atoms with Gasteiger partial charge in [0.25, 0.3) is 0 Å². The Morgan fingerprint density at radius 2 is 2.18 bits per heavy atom. The van der Waals surface area contributed by atoms with Gasteiger partial charge in [0.05, 0.1) is 6.61 Å². The summed E-state index contributed by atoms with van der Waals surface area (Å²) >= 11 is 0. The van der Waals surface area contributed by atoms with Crippen molar-refractivity contribution < 1.29 is 14.1 Å². The molecule has 0 N–H and O–H groups in total. The van der Waals surface area contributed by atoms with Crippen LogP contribution in [0.1, 0.15) is 23.0 Å². The van der Waals surface area contributed by atoms with E-state index in [4.69, 9.17) is 9.26 Å². The summed E-state index contributed by atoms with van der Waals surface area (Å²) in [6.45, 7) is 4.05. The Bertz CT molecular complexity index is 531. The first-order chi connectivity index (χ1) is 8.22. The fraction of sp³-hybridized carbons (Fsp3) is 0.231. The van der Waals surface area contributed by atoms with Crippen LogP contribution in [0.2, 0.25) is 0 Å². The predicted octanol–water partition coefficient (Wildman–Crippen LogP) is 2.83. The molecule has 0 saturated heterocycles. The molecule has 4 nitrogen and oxygen atoms in total. The Labute approximate surface area is 99.2 Å². The van der Waals surface area contributed by atoms with Crippen molar-refractivity contribution in [1.82, 2.24) is 5.16 Å². The average molecular weight is 231 g/mol. The Morgan fingerprint density at radius 1 is 1.41 bits per heavy atom. The van der Waals surface area contributed by atoms with Crippen LogP contribution in [0.25, 0.3) is 11.3 Å². The molecule has 88 valence electrons. The largest absolute Gasteiger partial charge is 0.461 e. The number of ether oxygens (including phenoxy) is 1. The van der Waals surface area contributed by atoms with Gasteiger partial charge >= 0.3 is 5.97 Å². The van der Waals surface area contributed by atoms with Gasteiger partial charge in [-0.05, 0) is 19.4 Å². The highest BCUT2D eigenvalue weighted by Gasteiger charge is 2.15. The van der Waals surface area contributed by atoms with Gasteiger partial charge in [-0.25, -0.2) is 4.79 Å². The molecule has 0 aliphatic rings. The Kier molecular flexibility index (Phi) is 3.23. The molecule has 0 bridgehead atoms. The zero-order valence-electron chi connectivity index (χ0n) is 9.77. The van der Waals surface area contributed by atoms with Gasteiger partial charge in [0.15, 0.2) is 11.5 Å². The van der Waals surface area contributed by atoms with E-state index < -0.39 is 5.97 Å². The summed E-state index contributed by atoms with van der Waals surface area (Å²) in [5.41, 5.74) is 2.19. The third-order valence-electron chi connectivity index (χ3n) is 2.41. The van der Waals surface area contributed by atoms with Crippen LogP contribution in [0.3, 0.4) is 0 Å². The first kappa shape index (κ1) is 11.4. The van der Waals surface area contributed by atoms with Crippen molar-refractivity contribution in [3.8, 4) is 11.3 Å². The van der Waals surface area contributed by atoms with Crippen LogP contribution in [0, 0.1) is 6.92 Å². The number of carbonyl (C=O) groups excluding carboxylic acids is 1. The van der Waals surface area contributed by atoms with Crippen molar-refractivity contribution in [2.45, 2.75) is 13.8 Å². The van der Waals surface area contributed by atoms with Gasteiger partial charge in [0.1, 0.15) is 0 Å². The molecule has 0 spiro atoms. The van der Waals surface area contributed by atoms with Crippen LogP contribution < -0.4 is 0 Å². The number of benzene rings is 1. The van der Waals surface area contributed by atoms with Crippen LogP contribution in [0.5, 0.6) is 0 Å². The zero-order valence-corrected chi connectivity index (χ0v) is 9.77. The van der Waals surface area contributed by atoms with E-state index in [9.17, 15) is 4.79 Å². The van der Waals surface area contributed by atoms with Crippen molar-refractivity contribution >= 4 is 5.97 Å². The molecule has 1 heterocycles. The van der Waals surface area contributed by atoms with E-state index in [0.29, 0.717) is 12.4 Å². The van der Waals surface area contributed by atoms with Gasteiger partial charge in [-0.15, -0.1) is 0 Å². The number of esters is 1. The first-order valence-corrected chi connectivity index (χ1v) is 5.42. The fourth-order valence-electron chi connectivity index (χ4n) is 1.55. The molecule has 2 aromatic rings. The Morgan fingerprint density at radius 3 is 2.88 bits per heavy atom. The van der Waals surface area contributed by atoms with Gasteiger partial charge in [-0.1, -0.05) is 29.4 Å². The summed E-state index contributed by atoms with van der Waals surface area (Å²) in [6, 6.07) is 9.35. The van der Waals surface area contributed by atoms with Gasteiger partial charge in [-0.2, -0.15) is 0 Å². The maximum absolute atomic E-state index is 11.4. The van der Waals surface area contributed by atoms with E-state index in [1.54, 1.807) is 13.0 Å². The van der Waals surface area contributed by atoms with Gasteiger partial charge in [-0.3, -0.25) is 0 Å². The lowest BCUT2D eigenvalue weighted by Crippen LogP contribution is -2.04. The molecule has 0 fully saturated rings. The fourth-order valence-corrected chi connectivity index (χ4v) is 1.55. The minimum Gasteiger partial charge on any atom is -0.461 e. The summed E-state index contributed by atoms with van der Waals surface area (Å²) in [5.74, 6) is 0.113. The average Bonchev–Trinajstić information content (AvgIpc) is 2.79. The highest BCUT2D eigenvalue weighted by Crippen LogP contribution is 2.23. The molecule has 0 radical (unpaired) electrons. The van der Waals surface area contributed by atoms with Crippen LogP contribution in [0.15, 0.2) is 34.9 Å². The SMILES string of the molecule is CCOC(=O)c1cc(-c2ccccc2C)on1. The summed E-state index contributed by atoms with van der Waals surface area (Å²) in [5, 5.41) is 3.70. The van der Waals surface area contributed by atoms with Crippen molar-refractivity contribution in [3.63, 3.8) is 0 Å². The van der Waals surface area contributed by atoms with Gasteiger partial charge in [0, 0.05) is 11.6 Å². The summed E-state index contributed by atoms with van der Waals surface area (Å²) in [7, 11) is 0. The van der Waals surface area contributed by atoms with Crippen molar-refractivity contribution in [1.29, 1.82) is 0 Å². The zero-order chi connectivity index (χ0) is 12.3. The third-order valence-corrected chi connectivity index (χ3v) is 2.41. The van der Waals surface area contributed by atoms with Crippen molar-refractivity contribution in [2.75, 3.05) is 6.61 Å². The van der Waals surface area contributed by atoms with Gasteiger partial charge < -0.3 is 9.26 Å². The molecule has 0 aliphatic heterocycles. The van der Waals surface area contributed by atoms with Crippen molar-refractivity contribution in [2.24, 2.45) is 0 Å². The molecule has 1 aromatic carbocycles. The minimum absolute atomic E-state index is 0.199. The highest BCUT2D eigenvalue weighted by molar-refractivity contribution is 5.88. The standard InChI is InChI=1S/C13H13NO3/c1-3-16-13(15)11-8-12(17-14-11)10-7-5-4-6-9(10)2/h4-8H,3H2,1-2H3. The maximum Gasteiger partial charge on any atom is 0.360 e. The summed E-state index contributed by atoms with van der Waals surface area (Å²) in [4.78, 5) is 11.4. The van der Waals surface area contributed by atoms with E-state index in [-0.39, 0.29) is 5.69 Å². The van der Waals surface area contributed by atoms with Crippen LogP contribution in [-0.4, -0.2) is 17.7 Å². The first-order valence-electron chi connectivity index (χ1n) is 5.42. The summed E-state index contributed by atoms with van der Waals surface area (Å²) in [6.07, 6.45) is 0. The van der Waals surface area contributed by atoms with E-state index >= 15 is 0 Å². The highest BCUT2D eigenvalue weighted by atomic mass is 16.5. The Balaban J connectivity index is 2.30. The number of rotatable bonds is 3. The monoisotopic (exact) mass is 231 g/mol.